The van der Waals surface area contributed by atoms with Gasteiger partial charge < -0.3 is 0 Å². The summed E-state index contributed by atoms with van der Waals surface area (Å²) < 4.78 is 0. The lowest BCUT2D eigenvalue weighted by Crippen LogP contribution is -1.91. The lowest BCUT2D eigenvalue weighted by atomic mass is 9.95. The standard InChI is InChI=1S/C20H20.C2H6/c1-3-5-11-17-16(9-4-2)19-14-13-15-10-7-6-8-12-18(17)20(15)19;1-2/h3-4,6-10,12,14H,1,5,11,13H2,2H3;1-2H3/b7-6?,8-6-,9-4-,10-7-,12-8?,15-10?,18-12-;. The summed E-state index contributed by atoms with van der Waals surface area (Å²) in [5.41, 5.74) is 8.64. The van der Waals surface area contributed by atoms with Crippen molar-refractivity contribution in [2.45, 2.75) is 40.0 Å². The van der Waals surface area contributed by atoms with E-state index >= 15 is 0 Å². The molecule has 0 unspecified atom stereocenters. The van der Waals surface area contributed by atoms with Crippen molar-refractivity contribution < 1.29 is 0 Å². The van der Waals surface area contributed by atoms with E-state index < -0.39 is 0 Å². The van der Waals surface area contributed by atoms with Crippen molar-refractivity contribution in [3.8, 4) is 0 Å². The Labute approximate surface area is 135 Å². The normalized spacial score (nSPS) is 24.0. The summed E-state index contributed by atoms with van der Waals surface area (Å²) in [4.78, 5) is 0. The SMILES string of the molecule is C=CCCC1=C(/C=C\C)C2=CCC3=C2C\1=C/C=C\C=C/3.CC. The number of hydrogen-bond acceptors (Lipinski definition) is 0. The van der Waals surface area contributed by atoms with Crippen LogP contribution < -0.4 is 0 Å². The molecule has 0 saturated heterocycles. The third kappa shape index (κ3) is 2.92. The van der Waals surface area contributed by atoms with Crippen molar-refractivity contribution in [2.75, 3.05) is 0 Å². The molecule has 0 fully saturated rings. The molecule has 3 aliphatic rings. The first-order chi connectivity index (χ1) is 10.9. The quantitative estimate of drug-likeness (QED) is 0.515. The van der Waals surface area contributed by atoms with Gasteiger partial charge in [0.05, 0.1) is 0 Å². The van der Waals surface area contributed by atoms with Gasteiger partial charge in [-0.25, -0.2) is 0 Å². The van der Waals surface area contributed by atoms with E-state index in [2.05, 4.69) is 62.1 Å². The summed E-state index contributed by atoms with van der Waals surface area (Å²) in [5.74, 6) is 0. The van der Waals surface area contributed by atoms with E-state index in [-0.39, 0.29) is 0 Å². The maximum absolute atomic E-state index is 3.87. The minimum atomic E-state index is 1.03. The van der Waals surface area contributed by atoms with Gasteiger partial charge in [-0.15, -0.1) is 6.58 Å². The van der Waals surface area contributed by atoms with Crippen LogP contribution >= 0.6 is 0 Å². The van der Waals surface area contributed by atoms with Gasteiger partial charge in [0, 0.05) is 0 Å². The van der Waals surface area contributed by atoms with Crippen LogP contribution in [0.25, 0.3) is 0 Å². The Balaban J connectivity index is 0.000000847. The molecule has 0 saturated carbocycles. The van der Waals surface area contributed by atoms with Gasteiger partial charge >= 0.3 is 0 Å². The number of rotatable bonds is 4. The van der Waals surface area contributed by atoms with Crippen molar-refractivity contribution in [2.24, 2.45) is 0 Å². The topological polar surface area (TPSA) is 0 Å². The third-order valence-corrected chi connectivity index (χ3v) is 4.04. The lowest BCUT2D eigenvalue weighted by molar-refractivity contribution is 0.994. The van der Waals surface area contributed by atoms with Gasteiger partial charge in [-0.3, -0.25) is 0 Å². The van der Waals surface area contributed by atoms with Crippen LogP contribution in [-0.4, -0.2) is 0 Å². The average Bonchev–Trinajstić information content (AvgIpc) is 3.04. The second-order valence-electron chi connectivity index (χ2n) is 5.27. The van der Waals surface area contributed by atoms with Gasteiger partial charge in [-0.2, -0.15) is 0 Å². The van der Waals surface area contributed by atoms with Crippen molar-refractivity contribution in [3.05, 3.63) is 94.7 Å². The molecule has 3 aliphatic carbocycles. The molecule has 0 aromatic carbocycles. The maximum atomic E-state index is 3.87. The molecule has 0 atom stereocenters. The van der Waals surface area contributed by atoms with E-state index in [0.717, 1.165) is 19.3 Å². The largest absolute Gasteiger partial charge is 0.103 e. The number of hydrogen-bond donors (Lipinski definition) is 0. The van der Waals surface area contributed by atoms with Crippen LogP contribution in [-0.2, 0) is 0 Å². The molecule has 0 spiro atoms. The molecule has 0 radical (unpaired) electrons. The van der Waals surface area contributed by atoms with Gasteiger partial charge in [0.1, 0.15) is 0 Å². The number of allylic oxidation sites excluding steroid dienone is 15. The maximum Gasteiger partial charge on any atom is -0.00701 e. The predicted octanol–water partition coefficient (Wildman–Crippen LogP) is 6.54. The molecule has 114 valence electrons. The zero-order valence-electron chi connectivity index (χ0n) is 14.0. The van der Waals surface area contributed by atoms with E-state index in [1.165, 1.54) is 33.4 Å². The first-order valence-electron chi connectivity index (χ1n) is 8.33. The summed E-state index contributed by atoms with van der Waals surface area (Å²) in [5, 5.41) is 0. The molecule has 0 aromatic heterocycles. The Morgan fingerprint density at radius 2 is 1.95 bits per heavy atom. The first-order valence-corrected chi connectivity index (χ1v) is 8.33. The van der Waals surface area contributed by atoms with Crippen LogP contribution in [0.4, 0.5) is 0 Å². The average molecular weight is 290 g/mol. The molecule has 0 heterocycles. The molecule has 3 rings (SSSR count). The van der Waals surface area contributed by atoms with Crippen molar-refractivity contribution in [1.82, 2.24) is 0 Å². The Morgan fingerprint density at radius 1 is 1.14 bits per heavy atom. The Bertz CT molecular complexity index is 652. The van der Waals surface area contributed by atoms with Crippen LogP contribution in [0.1, 0.15) is 40.0 Å². The minimum Gasteiger partial charge on any atom is -0.103 e. The fourth-order valence-corrected chi connectivity index (χ4v) is 3.21. The van der Waals surface area contributed by atoms with Crippen LogP contribution in [0.5, 0.6) is 0 Å². The molecule has 0 amide bonds. The van der Waals surface area contributed by atoms with E-state index in [4.69, 9.17) is 0 Å². The van der Waals surface area contributed by atoms with Gasteiger partial charge in [-0.05, 0) is 59.6 Å². The summed E-state index contributed by atoms with van der Waals surface area (Å²) in [6.07, 6.45) is 22.9. The highest BCUT2D eigenvalue weighted by Crippen LogP contribution is 2.49. The highest BCUT2D eigenvalue weighted by Gasteiger charge is 2.31. The second kappa shape index (κ2) is 7.79. The summed E-state index contributed by atoms with van der Waals surface area (Å²) in [7, 11) is 0. The van der Waals surface area contributed by atoms with E-state index in [1.54, 1.807) is 0 Å². The van der Waals surface area contributed by atoms with Crippen LogP contribution in [0.15, 0.2) is 94.7 Å². The monoisotopic (exact) mass is 290 g/mol. The highest BCUT2D eigenvalue weighted by atomic mass is 14.3. The van der Waals surface area contributed by atoms with E-state index in [0.29, 0.717) is 0 Å². The molecule has 0 N–H and O–H groups in total. The van der Waals surface area contributed by atoms with Gasteiger partial charge in [0.15, 0.2) is 0 Å². The minimum absolute atomic E-state index is 1.03. The second-order valence-corrected chi connectivity index (χ2v) is 5.27. The lowest BCUT2D eigenvalue weighted by Gasteiger charge is -2.09. The molecule has 0 bridgehead atoms. The smallest absolute Gasteiger partial charge is 0.00701 e. The fraction of sp³-hybridized carbons (Fsp3) is 0.273. The molecule has 0 aliphatic heterocycles. The zero-order chi connectivity index (χ0) is 15.9. The van der Waals surface area contributed by atoms with Crippen LogP contribution in [0.3, 0.4) is 0 Å². The molecule has 0 heteroatoms. The van der Waals surface area contributed by atoms with E-state index in [1.807, 2.05) is 19.9 Å². The zero-order valence-corrected chi connectivity index (χ0v) is 14.0. The Kier molecular flexibility index (Phi) is 5.77. The summed E-state index contributed by atoms with van der Waals surface area (Å²) in [6.45, 7) is 9.96. The van der Waals surface area contributed by atoms with Gasteiger partial charge in [-0.1, -0.05) is 68.5 Å². The van der Waals surface area contributed by atoms with Gasteiger partial charge in [0.2, 0.25) is 0 Å². The van der Waals surface area contributed by atoms with Crippen molar-refractivity contribution >= 4 is 0 Å². The molecule has 0 nitrogen and oxygen atoms in total. The van der Waals surface area contributed by atoms with Crippen molar-refractivity contribution in [3.63, 3.8) is 0 Å². The Morgan fingerprint density at radius 3 is 2.68 bits per heavy atom. The molecule has 22 heavy (non-hydrogen) atoms. The molecular formula is C22H26. The summed E-state index contributed by atoms with van der Waals surface area (Å²) >= 11 is 0. The first kappa shape index (κ1) is 16.3. The van der Waals surface area contributed by atoms with Crippen molar-refractivity contribution in [1.29, 1.82) is 0 Å². The Hall–Kier alpha value is -2.08. The molecule has 0 aromatic rings. The van der Waals surface area contributed by atoms with Crippen LogP contribution in [0.2, 0.25) is 0 Å². The fourth-order valence-electron chi connectivity index (χ4n) is 3.21. The van der Waals surface area contributed by atoms with Gasteiger partial charge in [0.25, 0.3) is 0 Å². The third-order valence-electron chi connectivity index (χ3n) is 4.04. The summed E-state index contributed by atoms with van der Waals surface area (Å²) in [6, 6.07) is 0. The predicted molar refractivity (Wildman–Crippen MR) is 98.7 cm³/mol. The molecular weight excluding hydrogens is 264 g/mol. The van der Waals surface area contributed by atoms with Crippen LogP contribution in [0, 0.1) is 0 Å². The highest BCUT2D eigenvalue weighted by molar-refractivity contribution is 5.79. The van der Waals surface area contributed by atoms with E-state index in [9.17, 15) is 0 Å².